The van der Waals surface area contributed by atoms with Crippen LogP contribution in [0.5, 0.6) is 5.75 Å². The first-order valence-electron chi connectivity index (χ1n) is 4.64. The number of halogens is 1. The largest absolute Gasteiger partial charge is 0.482 e. The van der Waals surface area contributed by atoms with Gasteiger partial charge in [-0.3, -0.25) is 0 Å². The maximum absolute atomic E-state index is 6.00. The van der Waals surface area contributed by atoms with Crippen LogP contribution >= 0.6 is 38.6 Å². The Bertz CT molecular complexity index is 524. The van der Waals surface area contributed by atoms with Gasteiger partial charge in [-0.15, -0.1) is 22.7 Å². The molecule has 0 amide bonds. The van der Waals surface area contributed by atoms with Crippen LogP contribution in [0.4, 0.5) is 0 Å². The van der Waals surface area contributed by atoms with E-state index in [2.05, 4.69) is 47.3 Å². The zero-order chi connectivity index (χ0) is 10.6. The normalized spacial score (nSPS) is 16.7. The Kier molecular flexibility index (Phi) is 2.03. The van der Waals surface area contributed by atoms with Crippen molar-refractivity contribution in [1.29, 1.82) is 0 Å². The minimum Gasteiger partial charge on any atom is -0.482 e. The molecule has 0 aliphatic carbocycles. The van der Waals surface area contributed by atoms with Gasteiger partial charge in [0, 0.05) is 5.56 Å². The van der Waals surface area contributed by atoms with Crippen molar-refractivity contribution in [3.63, 3.8) is 0 Å². The van der Waals surface area contributed by atoms with E-state index in [1.807, 2.05) is 0 Å². The van der Waals surface area contributed by atoms with Crippen molar-refractivity contribution in [2.45, 2.75) is 19.4 Å². The maximum Gasteiger partial charge on any atom is 0.140 e. The van der Waals surface area contributed by atoms with Crippen molar-refractivity contribution in [3.8, 4) is 15.5 Å². The second-order valence-corrected chi connectivity index (χ2v) is 7.37. The molecule has 1 aliphatic heterocycles. The fraction of sp³-hybridized carbons (Fsp3) is 0.273. The van der Waals surface area contributed by atoms with E-state index < -0.39 is 0 Å². The zero-order valence-corrected chi connectivity index (χ0v) is 11.6. The summed E-state index contributed by atoms with van der Waals surface area (Å²) >= 11 is 7.09. The summed E-state index contributed by atoms with van der Waals surface area (Å²) in [6.07, 6.45) is 0. The van der Waals surface area contributed by atoms with Gasteiger partial charge in [0.05, 0.1) is 13.5 Å². The third-order valence-electron chi connectivity index (χ3n) is 2.55. The van der Waals surface area contributed by atoms with Gasteiger partial charge in [-0.05, 0) is 47.3 Å². The van der Waals surface area contributed by atoms with Crippen LogP contribution in [0.2, 0.25) is 0 Å². The summed E-state index contributed by atoms with van der Waals surface area (Å²) in [5.74, 6) is 1.02. The summed E-state index contributed by atoms with van der Waals surface area (Å²) in [6.45, 7) is 4.23. The average molecular weight is 301 g/mol. The van der Waals surface area contributed by atoms with Gasteiger partial charge in [0.2, 0.25) is 0 Å². The first kappa shape index (κ1) is 9.87. The molecule has 78 valence electrons. The first-order valence-corrected chi connectivity index (χ1v) is 7.13. The molecule has 2 aromatic rings. The van der Waals surface area contributed by atoms with E-state index >= 15 is 0 Å². The lowest BCUT2D eigenvalue weighted by Crippen LogP contribution is -2.27. The maximum atomic E-state index is 6.00. The lowest BCUT2D eigenvalue weighted by atomic mass is 9.96. The summed E-state index contributed by atoms with van der Waals surface area (Å²) < 4.78 is 7.17. The Hall–Kier alpha value is -0.320. The zero-order valence-electron chi connectivity index (χ0n) is 8.33. The molecule has 0 saturated carbocycles. The molecule has 0 radical (unpaired) electrons. The van der Waals surface area contributed by atoms with E-state index in [-0.39, 0.29) is 5.60 Å². The van der Waals surface area contributed by atoms with Gasteiger partial charge < -0.3 is 4.74 Å². The van der Waals surface area contributed by atoms with Gasteiger partial charge in [-0.25, -0.2) is 0 Å². The molecular weight excluding hydrogens is 292 g/mol. The van der Waals surface area contributed by atoms with Gasteiger partial charge in [0.25, 0.3) is 0 Å². The van der Waals surface area contributed by atoms with E-state index in [0.29, 0.717) is 0 Å². The molecule has 0 atom stereocenters. The highest BCUT2D eigenvalue weighted by atomic mass is 79.9. The first-order chi connectivity index (χ1) is 7.08. The molecule has 2 aromatic heterocycles. The minimum atomic E-state index is -0.216. The van der Waals surface area contributed by atoms with Crippen LogP contribution in [0, 0.1) is 0 Å². The number of ether oxygens (including phenoxy) is 1. The molecular formula is C11H9BrOS2. The van der Waals surface area contributed by atoms with Crippen molar-refractivity contribution >= 4 is 38.6 Å². The molecule has 15 heavy (non-hydrogen) atoms. The number of fused-ring (bicyclic) bond motifs is 3. The summed E-state index contributed by atoms with van der Waals surface area (Å²) in [7, 11) is 0. The summed E-state index contributed by atoms with van der Waals surface area (Å²) in [5, 5.41) is 2.09. The fourth-order valence-corrected chi connectivity index (χ4v) is 4.58. The molecule has 0 spiro atoms. The van der Waals surface area contributed by atoms with E-state index in [4.69, 9.17) is 4.74 Å². The van der Waals surface area contributed by atoms with E-state index in [1.165, 1.54) is 19.1 Å². The lowest BCUT2D eigenvalue weighted by molar-refractivity contribution is 0.107. The molecule has 0 N–H and O–H groups in total. The molecule has 0 fully saturated rings. The van der Waals surface area contributed by atoms with Gasteiger partial charge in [-0.1, -0.05) is 0 Å². The Morgan fingerprint density at radius 1 is 1.33 bits per heavy atom. The van der Waals surface area contributed by atoms with Gasteiger partial charge in [-0.2, -0.15) is 0 Å². The standard InChI is InChI=1S/C11H9BrOS2/c1-11(2)6-5-8(12)15-9(6)10-7(13-11)3-4-14-10/h3-5H,1-2H3. The fourth-order valence-electron chi connectivity index (χ4n) is 1.85. The Morgan fingerprint density at radius 3 is 2.93 bits per heavy atom. The van der Waals surface area contributed by atoms with Crippen molar-refractivity contribution in [1.82, 2.24) is 0 Å². The van der Waals surface area contributed by atoms with E-state index in [9.17, 15) is 0 Å². The molecule has 4 heteroatoms. The number of hydrogen-bond donors (Lipinski definition) is 0. The minimum absolute atomic E-state index is 0.216. The van der Waals surface area contributed by atoms with Crippen LogP contribution in [0.15, 0.2) is 21.3 Å². The summed E-state index contributed by atoms with van der Waals surface area (Å²) in [6, 6.07) is 4.22. The molecule has 3 heterocycles. The van der Waals surface area contributed by atoms with Crippen molar-refractivity contribution in [3.05, 3.63) is 26.9 Å². The van der Waals surface area contributed by atoms with Crippen LogP contribution in [-0.2, 0) is 5.60 Å². The van der Waals surface area contributed by atoms with Crippen LogP contribution in [0.1, 0.15) is 19.4 Å². The number of rotatable bonds is 0. The van der Waals surface area contributed by atoms with Crippen molar-refractivity contribution in [2.75, 3.05) is 0 Å². The molecule has 0 bridgehead atoms. The third kappa shape index (κ3) is 1.39. The lowest BCUT2D eigenvalue weighted by Gasteiger charge is -2.31. The Balaban J connectivity index is 2.33. The van der Waals surface area contributed by atoms with Gasteiger partial charge in [0.1, 0.15) is 11.4 Å². The number of thiophene rings is 2. The predicted octanol–water partition coefficient (Wildman–Crippen LogP) is 4.87. The van der Waals surface area contributed by atoms with Crippen LogP contribution in [0.3, 0.4) is 0 Å². The van der Waals surface area contributed by atoms with Crippen LogP contribution in [0.25, 0.3) is 9.75 Å². The van der Waals surface area contributed by atoms with Crippen molar-refractivity contribution in [2.24, 2.45) is 0 Å². The smallest absolute Gasteiger partial charge is 0.140 e. The van der Waals surface area contributed by atoms with Crippen molar-refractivity contribution < 1.29 is 4.74 Å². The molecule has 3 rings (SSSR count). The second-order valence-electron chi connectivity index (χ2n) is 4.02. The van der Waals surface area contributed by atoms with Crippen LogP contribution < -0.4 is 4.74 Å². The Labute approximate surface area is 105 Å². The predicted molar refractivity (Wildman–Crippen MR) is 69.0 cm³/mol. The summed E-state index contributed by atoms with van der Waals surface area (Å²) in [4.78, 5) is 2.61. The molecule has 1 aliphatic rings. The van der Waals surface area contributed by atoms with Gasteiger partial charge >= 0.3 is 0 Å². The highest BCUT2D eigenvalue weighted by Gasteiger charge is 2.34. The monoisotopic (exact) mass is 300 g/mol. The molecule has 1 nitrogen and oxygen atoms in total. The van der Waals surface area contributed by atoms with Gasteiger partial charge in [0.15, 0.2) is 0 Å². The highest BCUT2D eigenvalue weighted by molar-refractivity contribution is 9.11. The van der Waals surface area contributed by atoms with E-state index in [0.717, 1.165) is 5.75 Å². The SMILES string of the molecule is CC1(C)Oc2ccsc2-c2sc(Br)cc21. The second kappa shape index (κ2) is 3.09. The van der Waals surface area contributed by atoms with E-state index in [1.54, 1.807) is 22.7 Å². The van der Waals surface area contributed by atoms with Crippen LogP contribution in [-0.4, -0.2) is 0 Å². The summed E-state index contributed by atoms with van der Waals surface area (Å²) in [5.41, 5.74) is 1.07. The highest BCUT2D eigenvalue weighted by Crippen LogP contribution is 2.52. The third-order valence-corrected chi connectivity index (χ3v) is 5.25. The topological polar surface area (TPSA) is 9.23 Å². The molecule has 0 saturated heterocycles. The Morgan fingerprint density at radius 2 is 2.13 bits per heavy atom. The number of hydrogen-bond acceptors (Lipinski definition) is 3. The quantitative estimate of drug-likeness (QED) is 0.675. The average Bonchev–Trinajstić information content (AvgIpc) is 2.69. The molecule has 0 aromatic carbocycles. The molecule has 0 unspecified atom stereocenters.